The lowest BCUT2D eigenvalue weighted by Crippen LogP contribution is -2.24. The minimum atomic E-state index is -0.506. The molecule has 1 atom stereocenters. The first kappa shape index (κ1) is 16.6. The van der Waals surface area contributed by atoms with Gasteiger partial charge in [0.25, 0.3) is 0 Å². The summed E-state index contributed by atoms with van der Waals surface area (Å²) < 4.78 is 29.7. The van der Waals surface area contributed by atoms with Gasteiger partial charge in [-0.05, 0) is 66.0 Å². The minimum absolute atomic E-state index is 0.109. The van der Waals surface area contributed by atoms with Gasteiger partial charge in [0, 0.05) is 10.4 Å². The number of halogens is 3. The van der Waals surface area contributed by atoms with E-state index in [-0.39, 0.29) is 5.56 Å². The van der Waals surface area contributed by atoms with Crippen molar-refractivity contribution in [2.75, 3.05) is 6.54 Å². The molecule has 0 aliphatic carbocycles. The van der Waals surface area contributed by atoms with Gasteiger partial charge in [0.15, 0.2) is 0 Å². The molecule has 1 nitrogen and oxygen atoms in total. The van der Waals surface area contributed by atoms with Crippen LogP contribution in [0.1, 0.15) is 41.0 Å². The van der Waals surface area contributed by atoms with Gasteiger partial charge < -0.3 is 5.32 Å². The molecule has 114 valence electrons. The van der Waals surface area contributed by atoms with Crippen molar-refractivity contribution in [1.82, 2.24) is 5.32 Å². The monoisotopic (exact) mass is 373 g/mol. The predicted molar refractivity (Wildman–Crippen MR) is 88.0 cm³/mol. The van der Waals surface area contributed by atoms with Gasteiger partial charge in [0.1, 0.15) is 11.6 Å². The summed E-state index contributed by atoms with van der Waals surface area (Å²) in [5.41, 5.74) is 1.64. The number of benzene rings is 1. The molecule has 1 unspecified atom stereocenters. The molecule has 1 aromatic heterocycles. The summed E-state index contributed by atoms with van der Waals surface area (Å²) >= 11 is 4.99. The lowest BCUT2D eigenvalue weighted by atomic mass is 10.0. The van der Waals surface area contributed by atoms with Gasteiger partial charge in [-0.15, -0.1) is 11.3 Å². The second kappa shape index (κ2) is 6.99. The first-order chi connectivity index (χ1) is 9.95. The zero-order valence-electron chi connectivity index (χ0n) is 12.3. The molecule has 0 saturated carbocycles. The summed E-state index contributed by atoms with van der Waals surface area (Å²) in [6, 6.07) is 4.33. The minimum Gasteiger partial charge on any atom is -0.305 e. The Balaban J connectivity index is 2.53. The summed E-state index contributed by atoms with van der Waals surface area (Å²) in [5.74, 6) is -0.973. The van der Waals surface area contributed by atoms with Gasteiger partial charge in [-0.25, -0.2) is 8.78 Å². The fourth-order valence-corrected chi connectivity index (χ4v) is 3.86. The van der Waals surface area contributed by atoms with E-state index in [2.05, 4.69) is 21.2 Å². The van der Waals surface area contributed by atoms with Crippen molar-refractivity contribution in [2.24, 2.45) is 0 Å². The zero-order chi connectivity index (χ0) is 15.6. The lowest BCUT2D eigenvalue weighted by molar-refractivity contribution is 0.502. The lowest BCUT2D eigenvalue weighted by Gasteiger charge is -2.20. The third-order valence-corrected chi connectivity index (χ3v) is 5.57. The molecule has 0 radical (unpaired) electrons. The molecule has 2 aromatic rings. The van der Waals surface area contributed by atoms with Crippen LogP contribution in [0.25, 0.3) is 0 Å². The highest BCUT2D eigenvalue weighted by Gasteiger charge is 2.24. The number of hydrogen-bond acceptors (Lipinski definition) is 2. The fraction of sp³-hybridized carbons (Fsp3) is 0.375. The third-order valence-electron chi connectivity index (χ3n) is 3.37. The molecule has 0 aliphatic rings. The summed E-state index contributed by atoms with van der Waals surface area (Å²) in [6.07, 6.45) is 0.900. The Morgan fingerprint density at radius 1 is 1.24 bits per heavy atom. The average Bonchev–Trinajstić information content (AvgIpc) is 2.78. The molecule has 21 heavy (non-hydrogen) atoms. The Hall–Kier alpha value is -0.780. The SMILES string of the molecule is CCCNC(c1cc(C)c(Br)s1)c1c(F)ccc(C)c1F. The Labute approximate surface area is 136 Å². The summed E-state index contributed by atoms with van der Waals surface area (Å²) in [4.78, 5) is 0.913. The van der Waals surface area contributed by atoms with Crippen molar-refractivity contribution >= 4 is 27.3 Å². The number of rotatable bonds is 5. The molecule has 5 heteroatoms. The van der Waals surface area contributed by atoms with Crippen molar-refractivity contribution in [2.45, 2.75) is 33.2 Å². The van der Waals surface area contributed by atoms with E-state index in [1.54, 1.807) is 6.92 Å². The molecule has 1 N–H and O–H groups in total. The van der Waals surface area contributed by atoms with Crippen LogP contribution in [-0.4, -0.2) is 6.54 Å². The van der Waals surface area contributed by atoms with Gasteiger partial charge in [-0.1, -0.05) is 13.0 Å². The van der Waals surface area contributed by atoms with Gasteiger partial charge >= 0.3 is 0 Å². The topological polar surface area (TPSA) is 12.0 Å². The maximum atomic E-state index is 14.4. The molecule has 1 aromatic carbocycles. The Kier molecular flexibility index (Phi) is 5.52. The third kappa shape index (κ3) is 3.52. The molecule has 0 bridgehead atoms. The fourth-order valence-electron chi connectivity index (χ4n) is 2.20. The Morgan fingerprint density at radius 2 is 1.95 bits per heavy atom. The highest BCUT2D eigenvalue weighted by atomic mass is 79.9. The normalized spacial score (nSPS) is 12.7. The second-order valence-corrected chi connectivity index (χ2v) is 7.49. The highest BCUT2D eigenvalue weighted by molar-refractivity contribution is 9.11. The van der Waals surface area contributed by atoms with Gasteiger partial charge in [0.05, 0.1) is 9.83 Å². The summed E-state index contributed by atoms with van der Waals surface area (Å²) in [7, 11) is 0. The average molecular weight is 374 g/mol. The van der Waals surface area contributed by atoms with E-state index in [9.17, 15) is 8.78 Å². The van der Waals surface area contributed by atoms with Crippen LogP contribution in [0.4, 0.5) is 8.78 Å². The van der Waals surface area contributed by atoms with Gasteiger partial charge in [-0.3, -0.25) is 0 Å². The van der Waals surface area contributed by atoms with Crippen LogP contribution in [0.2, 0.25) is 0 Å². The summed E-state index contributed by atoms with van der Waals surface area (Å²) in [6.45, 7) is 6.36. The van der Waals surface area contributed by atoms with E-state index in [0.717, 1.165) is 20.6 Å². The van der Waals surface area contributed by atoms with Crippen LogP contribution in [0.15, 0.2) is 22.0 Å². The highest BCUT2D eigenvalue weighted by Crippen LogP contribution is 2.36. The largest absolute Gasteiger partial charge is 0.305 e. The summed E-state index contributed by atoms with van der Waals surface area (Å²) in [5, 5.41) is 3.26. The number of hydrogen-bond donors (Lipinski definition) is 1. The molecule has 0 saturated heterocycles. The van der Waals surface area contributed by atoms with Crippen LogP contribution in [-0.2, 0) is 0 Å². The van der Waals surface area contributed by atoms with Crippen LogP contribution in [0, 0.1) is 25.5 Å². The van der Waals surface area contributed by atoms with E-state index in [0.29, 0.717) is 12.1 Å². The number of nitrogens with one attached hydrogen (secondary N) is 1. The molecule has 0 amide bonds. The smallest absolute Gasteiger partial charge is 0.134 e. The Morgan fingerprint density at radius 3 is 2.52 bits per heavy atom. The van der Waals surface area contributed by atoms with Crippen LogP contribution < -0.4 is 5.32 Å². The van der Waals surface area contributed by atoms with E-state index in [1.165, 1.54) is 23.5 Å². The molecule has 2 rings (SSSR count). The van der Waals surface area contributed by atoms with Crippen LogP contribution in [0.5, 0.6) is 0 Å². The molecule has 1 heterocycles. The number of aryl methyl sites for hydroxylation is 2. The van der Waals surface area contributed by atoms with Crippen molar-refractivity contribution in [1.29, 1.82) is 0 Å². The van der Waals surface area contributed by atoms with Gasteiger partial charge in [0.2, 0.25) is 0 Å². The van der Waals surface area contributed by atoms with Crippen molar-refractivity contribution in [3.8, 4) is 0 Å². The number of thiophene rings is 1. The Bertz CT molecular complexity index is 620. The van der Waals surface area contributed by atoms with Crippen LogP contribution in [0.3, 0.4) is 0 Å². The predicted octanol–water partition coefficient (Wildman–Crippen LogP) is 5.49. The van der Waals surface area contributed by atoms with E-state index >= 15 is 0 Å². The molecular weight excluding hydrogens is 356 g/mol. The maximum Gasteiger partial charge on any atom is 0.134 e. The van der Waals surface area contributed by atoms with Crippen molar-refractivity contribution < 1.29 is 8.78 Å². The van der Waals surface area contributed by atoms with E-state index < -0.39 is 17.7 Å². The molecule has 0 aliphatic heterocycles. The quantitative estimate of drug-likeness (QED) is 0.729. The first-order valence-electron chi connectivity index (χ1n) is 6.89. The molecule has 0 fully saturated rings. The zero-order valence-corrected chi connectivity index (χ0v) is 14.7. The van der Waals surface area contributed by atoms with Crippen LogP contribution >= 0.6 is 27.3 Å². The van der Waals surface area contributed by atoms with Crippen molar-refractivity contribution in [3.63, 3.8) is 0 Å². The maximum absolute atomic E-state index is 14.4. The van der Waals surface area contributed by atoms with E-state index in [4.69, 9.17) is 0 Å². The van der Waals surface area contributed by atoms with Gasteiger partial charge in [-0.2, -0.15) is 0 Å². The molecule has 0 spiro atoms. The standard InChI is InChI=1S/C16H18BrF2NS/c1-4-7-20-15(12-8-10(3)16(17)21-12)13-11(18)6-5-9(2)14(13)19/h5-6,8,15,20H,4,7H2,1-3H3. The molecular formula is C16H18BrF2NS. The second-order valence-electron chi connectivity index (χ2n) is 5.08. The van der Waals surface area contributed by atoms with E-state index in [1.807, 2.05) is 19.9 Å². The first-order valence-corrected chi connectivity index (χ1v) is 8.50. The van der Waals surface area contributed by atoms with Crippen molar-refractivity contribution in [3.05, 3.63) is 55.2 Å².